The molecule has 1 N–H and O–H groups in total. The number of rotatable bonds is 15. The molecule has 224 valence electrons. The fourth-order valence-corrected chi connectivity index (χ4v) is 7.44. The highest BCUT2D eigenvalue weighted by molar-refractivity contribution is 7.18. The quantitative estimate of drug-likeness (QED) is 0.234. The van der Waals surface area contributed by atoms with Crippen LogP contribution in [0.5, 0.6) is 0 Å². The number of nitrogens with zero attached hydrogens (tertiary/aromatic N) is 2. The molecule has 0 bridgehead atoms. The maximum Gasteiger partial charge on any atom is 0.224 e. The molecule has 2 aliphatic rings. The van der Waals surface area contributed by atoms with E-state index >= 15 is 0 Å². The summed E-state index contributed by atoms with van der Waals surface area (Å²) in [6, 6.07) is 6.30. The van der Waals surface area contributed by atoms with Crippen molar-refractivity contribution in [2.75, 3.05) is 19.6 Å². The fourth-order valence-electron chi connectivity index (χ4n) is 6.33. The van der Waals surface area contributed by atoms with Gasteiger partial charge in [-0.05, 0) is 81.3 Å². The molecule has 1 aliphatic heterocycles. The number of likely N-dealkylation sites (tertiary alicyclic amines) is 1. The van der Waals surface area contributed by atoms with Gasteiger partial charge in [0.1, 0.15) is 5.78 Å². The maximum absolute atomic E-state index is 13.8. The number of aryl methyl sites for hydroxylation is 1. The summed E-state index contributed by atoms with van der Waals surface area (Å²) < 4.78 is 1.13. The molecule has 2 aromatic rings. The molecule has 1 aromatic heterocycles. The van der Waals surface area contributed by atoms with E-state index in [4.69, 9.17) is 4.98 Å². The molecule has 1 aromatic carbocycles. The largest absolute Gasteiger partial charge is 0.353 e. The second-order valence-electron chi connectivity index (χ2n) is 12.0. The van der Waals surface area contributed by atoms with Crippen LogP contribution in [-0.2, 0) is 27.2 Å². The molecule has 6 nitrogen and oxygen atoms in total. The first-order valence-corrected chi connectivity index (χ1v) is 16.9. The van der Waals surface area contributed by atoms with Gasteiger partial charge in [0.25, 0.3) is 0 Å². The van der Waals surface area contributed by atoms with Crippen molar-refractivity contribution < 1.29 is 14.4 Å². The smallest absolute Gasteiger partial charge is 0.224 e. The number of carbonyl (C=O) groups is 3. The maximum atomic E-state index is 13.8. The molecule has 4 rings (SSSR count). The summed E-state index contributed by atoms with van der Waals surface area (Å²) in [6.45, 7) is 7.07. The molecule has 1 saturated carbocycles. The number of fused-ring (bicyclic) bond motifs is 1. The standard InChI is InChI=1S/C34H49N3O3S/c1-3-25-15-17-31-32(22-25)41-33(35-31)24-27(23-28(38)4-2)34(40)36-30(26-12-7-5-8-13-26)18-16-29(39)14-11-21-37-19-9-6-10-20-37/h11,14-15,17,22,26-27,30H,3-10,12-13,16,18-21,23-24H2,1-2H3,(H,36,40)/b14-11+/t27-,30+/m0/s1. The lowest BCUT2D eigenvalue weighted by molar-refractivity contribution is -0.130. The molecule has 2 fully saturated rings. The van der Waals surface area contributed by atoms with Gasteiger partial charge in [0, 0.05) is 38.3 Å². The zero-order valence-electron chi connectivity index (χ0n) is 25.2. The number of carbonyl (C=O) groups excluding carboxylic acids is 3. The molecule has 0 radical (unpaired) electrons. The summed E-state index contributed by atoms with van der Waals surface area (Å²) in [4.78, 5) is 46.3. The molecule has 1 aliphatic carbocycles. The van der Waals surface area contributed by atoms with Crippen molar-refractivity contribution in [1.29, 1.82) is 0 Å². The van der Waals surface area contributed by atoms with Crippen LogP contribution >= 0.6 is 11.3 Å². The molecular weight excluding hydrogens is 530 g/mol. The van der Waals surface area contributed by atoms with Gasteiger partial charge in [-0.1, -0.05) is 51.7 Å². The zero-order valence-corrected chi connectivity index (χ0v) is 26.0. The fraction of sp³-hybridized carbons (Fsp3) is 0.647. The van der Waals surface area contributed by atoms with Crippen molar-refractivity contribution >= 4 is 39.0 Å². The van der Waals surface area contributed by atoms with Crippen LogP contribution in [0.1, 0.15) is 101 Å². The van der Waals surface area contributed by atoms with Crippen molar-refractivity contribution in [3.8, 4) is 0 Å². The van der Waals surface area contributed by atoms with E-state index in [0.29, 0.717) is 31.6 Å². The molecule has 1 saturated heterocycles. The van der Waals surface area contributed by atoms with Gasteiger partial charge in [-0.3, -0.25) is 19.3 Å². The number of hydrogen-bond acceptors (Lipinski definition) is 6. The number of hydrogen-bond donors (Lipinski definition) is 1. The van der Waals surface area contributed by atoms with Gasteiger partial charge in [-0.2, -0.15) is 0 Å². The van der Waals surface area contributed by atoms with E-state index in [1.807, 2.05) is 13.0 Å². The third-order valence-corrected chi connectivity index (χ3v) is 9.97. The molecule has 0 spiro atoms. The van der Waals surface area contributed by atoms with Crippen LogP contribution in [0.3, 0.4) is 0 Å². The lowest BCUT2D eigenvalue weighted by Gasteiger charge is -2.32. The van der Waals surface area contributed by atoms with Crippen LogP contribution in [0, 0.1) is 11.8 Å². The highest BCUT2D eigenvalue weighted by atomic mass is 32.1. The Morgan fingerprint density at radius 1 is 1.07 bits per heavy atom. The molecular formula is C34H49N3O3S. The normalized spacial score (nSPS) is 18.5. The number of allylic oxidation sites excluding steroid dienone is 1. The van der Waals surface area contributed by atoms with Gasteiger partial charge in [0.2, 0.25) is 5.91 Å². The first-order valence-electron chi connectivity index (χ1n) is 16.1. The first kappa shape index (κ1) is 31.6. The number of amides is 1. The van der Waals surface area contributed by atoms with Gasteiger partial charge in [0.15, 0.2) is 5.78 Å². The molecule has 0 unspecified atom stereocenters. The lowest BCUT2D eigenvalue weighted by atomic mass is 9.81. The van der Waals surface area contributed by atoms with E-state index in [-0.39, 0.29) is 29.9 Å². The zero-order chi connectivity index (χ0) is 29.0. The third kappa shape index (κ3) is 9.85. The van der Waals surface area contributed by atoms with Crippen molar-refractivity contribution in [1.82, 2.24) is 15.2 Å². The average Bonchev–Trinajstić information content (AvgIpc) is 3.41. The van der Waals surface area contributed by atoms with E-state index in [1.165, 1.54) is 44.1 Å². The van der Waals surface area contributed by atoms with E-state index in [0.717, 1.165) is 54.1 Å². The number of piperidine rings is 1. The topological polar surface area (TPSA) is 79.4 Å². The Hall–Kier alpha value is -2.38. The highest BCUT2D eigenvalue weighted by Crippen LogP contribution is 2.30. The molecule has 41 heavy (non-hydrogen) atoms. The Morgan fingerprint density at radius 2 is 1.83 bits per heavy atom. The van der Waals surface area contributed by atoms with Crippen LogP contribution < -0.4 is 5.32 Å². The van der Waals surface area contributed by atoms with Gasteiger partial charge in [0.05, 0.1) is 21.1 Å². The molecule has 2 heterocycles. The Bertz CT molecular complexity index is 1180. The van der Waals surface area contributed by atoms with Gasteiger partial charge < -0.3 is 5.32 Å². The van der Waals surface area contributed by atoms with Gasteiger partial charge in [-0.15, -0.1) is 11.3 Å². The van der Waals surface area contributed by atoms with Crippen LogP contribution in [0.2, 0.25) is 0 Å². The lowest BCUT2D eigenvalue weighted by Crippen LogP contribution is -2.45. The van der Waals surface area contributed by atoms with Gasteiger partial charge in [-0.25, -0.2) is 4.98 Å². The first-order chi connectivity index (χ1) is 19.9. The summed E-state index contributed by atoms with van der Waals surface area (Å²) in [6.07, 6.45) is 16.5. The predicted molar refractivity (Wildman–Crippen MR) is 168 cm³/mol. The summed E-state index contributed by atoms with van der Waals surface area (Å²) in [5, 5.41) is 4.26. The molecule has 1 amide bonds. The van der Waals surface area contributed by atoms with E-state index in [9.17, 15) is 14.4 Å². The van der Waals surface area contributed by atoms with Crippen LogP contribution in [0.25, 0.3) is 10.2 Å². The summed E-state index contributed by atoms with van der Waals surface area (Å²) >= 11 is 1.63. The van der Waals surface area contributed by atoms with Crippen molar-refractivity contribution in [2.24, 2.45) is 11.8 Å². The van der Waals surface area contributed by atoms with Crippen LogP contribution in [0.4, 0.5) is 0 Å². The average molecular weight is 580 g/mol. The van der Waals surface area contributed by atoms with Gasteiger partial charge >= 0.3 is 0 Å². The number of benzene rings is 1. The number of Topliss-reactive ketones (excluding diaryl/α,β-unsaturated/α-hetero) is 1. The number of ketones is 2. The Labute approximate surface area is 250 Å². The van der Waals surface area contributed by atoms with E-state index in [1.54, 1.807) is 17.4 Å². The Morgan fingerprint density at radius 3 is 2.56 bits per heavy atom. The second kappa shape index (κ2) is 16.3. The van der Waals surface area contributed by atoms with E-state index in [2.05, 4.69) is 35.3 Å². The van der Waals surface area contributed by atoms with Crippen LogP contribution in [-0.4, -0.2) is 53.0 Å². The summed E-state index contributed by atoms with van der Waals surface area (Å²) in [7, 11) is 0. The van der Waals surface area contributed by atoms with Crippen LogP contribution in [0.15, 0.2) is 30.4 Å². The molecule has 7 heteroatoms. The molecule has 2 atom stereocenters. The predicted octanol–water partition coefficient (Wildman–Crippen LogP) is 6.84. The van der Waals surface area contributed by atoms with E-state index < -0.39 is 5.92 Å². The Kier molecular flexibility index (Phi) is 12.6. The third-order valence-electron chi connectivity index (χ3n) is 8.93. The minimum Gasteiger partial charge on any atom is -0.353 e. The SMILES string of the molecule is CCC(=O)C[C@@H](Cc1nc2ccc(CC)cc2s1)C(=O)N[C@H](CCC(=O)/C=C/CN1CCCCC1)C1CCCCC1. The Balaban J connectivity index is 1.40. The number of aromatic nitrogens is 1. The number of thiazole rings is 1. The highest BCUT2D eigenvalue weighted by Gasteiger charge is 2.30. The monoisotopic (exact) mass is 579 g/mol. The minimum atomic E-state index is -0.445. The van der Waals surface area contributed by atoms with Crippen molar-refractivity contribution in [3.63, 3.8) is 0 Å². The summed E-state index contributed by atoms with van der Waals surface area (Å²) in [5.74, 6) is 0.109. The van der Waals surface area contributed by atoms with Crippen molar-refractivity contribution in [2.45, 2.75) is 110 Å². The minimum absolute atomic E-state index is 0.0380. The summed E-state index contributed by atoms with van der Waals surface area (Å²) in [5.41, 5.74) is 2.23. The number of nitrogens with one attached hydrogen (secondary N) is 1. The second-order valence-corrected chi connectivity index (χ2v) is 13.2. The van der Waals surface area contributed by atoms with Crippen molar-refractivity contribution in [3.05, 3.63) is 40.9 Å².